The lowest BCUT2D eigenvalue weighted by atomic mass is 10.1. The van der Waals surface area contributed by atoms with Crippen molar-refractivity contribution in [3.8, 4) is 5.75 Å². The van der Waals surface area contributed by atoms with Crippen molar-refractivity contribution >= 4 is 5.91 Å². The fourth-order valence-electron chi connectivity index (χ4n) is 2.57. The predicted molar refractivity (Wildman–Crippen MR) is 75.3 cm³/mol. The molecule has 20 heavy (non-hydrogen) atoms. The van der Waals surface area contributed by atoms with Crippen molar-refractivity contribution in [3.63, 3.8) is 0 Å². The van der Waals surface area contributed by atoms with Crippen molar-refractivity contribution < 1.29 is 14.3 Å². The minimum Gasteiger partial charge on any atom is -0.507 e. The standard InChI is InChI=1S/C15H21FN2O2/c1-11(10-18-7-3-2-4-8-18)17-15(20)13-9-12(16)5-6-14(13)19/h5-6,9,11,19H,2-4,7-8,10H2,1H3,(H,17,20). The molecule has 1 amide bonds. The molecule has 4 nitrogen and oxygen atoms in total. The van der Waals surface area contributed by atoms with Crippen LogP contribution < -0.4 is 5.32 Å². The second-order valence-electron chi connectivity index (χ2n) is 5.40. The normalized spacial score (nSPS) is 17.7. The van der Waals surface area contributed by atoms with E-state index in [2.05, 4.69) is 10.2 Å². The summed E-state index contributed by atoms with van der Waals surface area (Å²) in [4.78, 5) is 14.3. The van der Waals surface area contributed by atoms with Crippen LogP contribution in [0.25, 0.3) is 0 Å². The van der Waals surface area contributed by atoms with E-state index in [1.165, 1.54) is 25.3 Å². The lowest BCUT2D eigenvalue weighted by Crippen LogP contribution is -2.43. The van der Waals surface area contributed by atoms with Crippen molar-refractivity contribution in [1.82, 2.24) is 10.2 Å². The van der Waals surface area contributed by atoms with Crippen molar-refractivity contribution in [2.75, 3.05) is 19.6 Å². The summed E-state index contributed by atoms with van der Waals surface area (Å²) in [6.45, 7) is 4.82. The molecule has 1 aliphatic heterocycles. The quantitative estimate of drug-likeness (QED) is 0.888. The number of carbonyl (C=O) groups is 1. The van der Waals surface area contributed by atoms with Crippen LogP contribution in [0.1, 0.15) is 36.5 Å². The number of carbonyl (C=O) groups excluding carboxylic acids is 1. The summed E-state index contributed by atoms with van der Waals surface area (Å²) in [5.41, 5.74) is -0.0181. The van der Waals surface area contributed by atoms with E-state index in [4.69, 9.17) is 0 Å². The highest BCUT2D eigenvalue weighted by Crippen LogP contribution is 2.18. The van der Waals surface area contributed by atoms with Crippen LogP contribution in [-0.2, 0) is 0 Å². The van der Waals surface area contributed by atoms with Gasteiger partial charge in [0.1, 0.15) is 11.6 Å². The van der Waals surface area contributed by atoms with Gasteiger partial charge in [0.25, 0.3) is 5.91 Å². The Morgan fingerprint density at radius 2 is 2.10 bits per heavy atom. The number of hydrogen-bond acceptors (Lipinski definition) is 3. The number of piperidine rings is 1. The van der Waals surface area contributed by atoms with E-state index in [9.17, 15) is 14.3 Å². The van der Waals surface area contributed by atoms with E-state index in [-0.39, 0.29) is 17.4 Å². The number of amides is 1. The first kappa shape index (κ1) is 14.8. The summed E-state index contributed by atoms with van der Waals surface area (Å²) in [7, 11) is 0. The highest BCUT2D eigenvalue weighted by molar-refractivity contribution is 5.96. The molecule has 0 aromatic heterocycles. The Kier molecular flexibility index (Phi) is 4.95. The second kappa shape index (κ2) is 6.70. The third kappa shape index (κ3) is 3.93. The van der Waals surface area contributed by atoms with Crippen LogP contribution in [0.2, 0.25) is 0 Å². The molecule has 2 rings (SSSR count). The summed E-state index contributed by atoms with van der Waals surface area (Å²) in [5, 5.41) is 12.4. The van der Waals surface area contributed by atoms with Crippen LogP contribution >= 0.6 is 0 Å². The number of phenols is 1. The predicted octanol–water partition coefficient (Wildman–Crippen LogP) is 2.14. The number of benzene rings is 1. The Labute approximate surface area is 118 Å². The summed E-state index contributed by atoms with van der Waals surface area (Å²) in [6, 6.07) is 3.34. The molecule has 1 unspecified atom stereocenters. The highest BCUT2D eigenvalue weighted by atomic mass is 19.1. The molecule has 0 radical (unpaired) electrons. The van der Waals surface area contributed by atoms with Gasteiger partial charge in [-0.2, -0.15) is 0 Å². The Morgan fingerprint density at radius 3 is 2.80 bits per heavy atom. The maximum Gasteiger partial charge on any atom is 0.255 e. The SMILES string of the molecule is CC(CN1CCCCC1)NC(=O)c1cc(F)ccc1O. The lowest BCUT2D eigenvalue weighted by molar-refractivity contribution is 0.0922. The third-order valence-corrected chi connectivity index (χ3v) is 3.56. The molecule has 1 aliphatic rings. The number of nitrogens with zero attached hydrogens (tertiary/aromatic N) is 1. The largest absolute Gasteiger partial charge is 0.507 e. The summed E-state index contributed by atoms with van der Waals surface area (Å²) in [5.74, 6) is -1.17. The van der Waals surface area contributed by atoms with Crippen LogP contribution in [-0.4, -0.2) is 41.6 Å². The zero-order valence-corrected chi connectivity index (χ0v) is 11.7. The number of aromatic hydroxyl groups is 1. The molecule has 110 valence electrons. The molecule has 0 saturated carbocycles. The third-order valence-electron chi connectivity index (χ3n) is 3.56. The fraction of sp³-hybridized carbons (Fsp3) is 0.533. The zero-order chi connectivity index (χ0) is 14.5. The topological polar surface area (TPSA) is 52.6 Å². The Balaban J connectivity index is 1.91. The van der Waals surface area contributed by atoms with Gasteiger partial charge in [-0.15, -0.1) is 0 Å². The van der Waals surface area contributed by atoms with Crippen LogP contribution in [0.3, 0.4) is 0 Å². The number of halogens is 1. The average Bonchev–Trinajstić information content (AvgIpc) is 2.42. The maximum atomic E-state index is 13.1. The number of nitrogens with one attached hydrogen (secondary N) is 1. The molecule has 0 bridgehead atoms. The first-order valence-electron chi connectivity index (χ1n) is 7.08. The number of hydrogen-bond donors (Lipinski definition) is 2. The van der Waals surface area contributed by atoms with E-state index in [0.717, 1.165) is 31.8 Å². The maximum absolute atomic E-state index is 13.1. The first-order chi connectivity index (χ1) is 9.56. The Hall–Kier alpha value is -1.62. The van der Waals surface area contributed by atoms with E-state index in [1.807, 2.05) is 6.92 Å². The molecule has 0 spiro atoms. The lowest BCUT2D eigenvalue weighted by Gasteiger charge is -2.29. The molecule has 1 aromatic rings. The molecule has 1 fully saturated rings. The van der Waals surface area contributed by atoms with Crippen LogP contribution in [0.5, 0.6) is 5.75 Å². The minimum absolute atomic E-state index is 0.0181. The Bertz CT molecular complexity index is 473. The van der Waals surface area contributed by atoms with Gasteiger partial charge >= 0.3 is 0 Å². The smallest absolute Gasteiger partial charge is 0.255 e. The van der Waals surface area contributed by atoms with Gasteiger partial charge in [0.15, 0.2) is 0 Å². The summed E-state index contributed by atoms with van der Waals surface area (Å²) >= 11 is 0. The monoisotopic (exact) mass is 280 g/mol. The molecule has 1 atom stereocenters. The van der Waals surface area contributed by atoms with Crippen molar-refractivity contribution in [2.45, 2.75) is 32.2 Å². The van der Waals surface area contributed by atoms with Gasteiger partial charge in [0, 0.05) is 12.6 Å². The zero-order valence-electron chi connectivity index (χ0n) is 11.7. The molecule has 1 saturated heterocycles. The van der Waals surface area contributed by atoms with Gasteiger partial charge in [-0.05, 0) is 51.1 Å². The van der Waals surface area contributed by atoms with Crippen LogP contribution in [0, 0.1) is 5.82 Å². The van der Waals surface area contributed by atoms with E-state index >= 15 is 0 Å². The highest BCUT2D eigenvalue weighted by Gasteiger charge is 2.17. The molecular weight excluding hydrogens is 259 g/mol. The van der Waals surface area contributed by atoms with Crippen molar-refractivity contribution in [2.24, 2.45) is 0 Å². The minimum atomic E-state index is -0.531. The van der Waals surface area contributed by atoms with Crippen molar-refractivity contribution in [3.05, 3.63) is 29.6 Å². The van der Waals surface area contributed by atoms with Crippen LogP contribution in [0.15, 0.2) is 18.2 Å². The van der Waals surface area contributed by atoms with Gasteiger partial charge < -0.3 is 15.3 Å². The van der Waals surface area contributed by atoms with Crippen LogP contribution in [0.4, 0.5) is 4.39 Å². The Morgan fingerprint density at radius 1 is 1.40 bits per heavy atom. The van der Waals surface area contributed by atoms with Crippen molar-refractivity contribution in [1.29, 1.82) is 0 Å². The number of likely N-dealkylation sites (tertiary alicyclic amines) is 1. The number of phenolic OH excluding ortho intramolecular Hbond substituents is 1. The molecule has 1 heterocycles. The first-order valence-corrected chi connectivity index (χ1v) is 7.08. The van der Waals surface area contributed by atoms with Gasteiger partial charge in [-0.1, -0.05) is 6.42 Å². The van der Waals surface area contributed by atoms with Gasteiger partial charge in [0.2, 0.25) is 0 Å². The summed E-state index contributed by atoms with van der Waals surface area (Å²) in [6.07, 6.45) is 3.67. The molecule has 5 heteroatoms. The molecular formula is C15H21FN2O2. The van der Waals surface area contributed by atoms with Gasteiger partial charge in [0.05, 0.1) is 5.56 Å². The summed E-state index contributed by atoms with van der Waals surface area (Å²) < 4.78 is 13.1. The number of rotatable bonds is 4. The second-order valence-corrected chi connectivity index (χ2v) is 5.40. The molecule has 0 aliphatic carbocycles. The fourth-order valence-corrected chi connectivity index (χ4v) is 2.57. The average molecular weight is 280 g/mol. The van der Waals surface area contributed by atoms with Gasteiger partial charge in [-0.3, -0.25) is 4.79 Å². The van der Waals surface area contributed by atoms with E-state index in [1.54, 1.807) is 0 Å². The van der Waals surface area contributed by atoms with Gasteiger partial charge in [-0.25, -0.2) is 4.39 Å². The molecule has 1 aromatic carbocycles. The van der Waals surface area contributed by atoms with E-state index < -0.39 is 11.7 Å². The van der Waals surface area contributed by atoms with E-state index in [0.29, 0.717) is 0 Å². The molecule has 2 N–H and O–H groups in total.